The lowest BCUT2D eigenvalue weighted by molar-refractivity contribution is -0.153. The molecule has 0 spiro atoms. The highest BCUT2D eigenvalue weighted by molar-refractivity contribution is 6.24. The Balaban J connectivity index is 1.61. The van der Waals surface area contributed by atoms with Gasteiger partial charge in [-0.2, -0.15) is 0 Å². The Morgan fingerprint density at radius 2 is 1.69 bits per heavy atom. The van der Waals surface area contributed by atoms with E-state index in [0.29, 0.717) is 18.4 Å². The van der Waals surface area contributed by atoms with E-state index in [1.165, 1.54) is 11.0 Å². The predicted octanol–water partition coefficient (Wildman–Crippen LogP) is 1.45. The number of likely N-dealkylation sites (N-methyl/N-ethyl adjacent to an activating group) is 1. The van der Waals surface area contributed by atoms with Crippen LogP contribution >= 0.6 is 0 Å². The molecule has 1 amide bonds. The molecule has 0 bridgehead atoms. The fourth-order valence-electron chi connectivity index (χ4n) is 6.48. The Morgan fingerprint density at radius 1 is 1.03 bits per heavy atom. The Kier molecular flexibility index (Phi) is 6.27. The predicted molar refractivity (Wildman–Crippen MR) is 140 cm³/mol. The van der Waals surface area contributed by atoms with E-state index in [9.17, 15) is 39.9 Å². The Bertz CT molecular complexity index is 1470. The van der Waals surface area contributed by atoms with Crippen LogP contribution in [0.4, 0.5) is 0 Å². The molecule has 0 unspecified atom stereocenters. The molecule has 0 saturated heterocycles. The molecule has 10 heteroatoms. The number of amides is 1. The first-order valence-electron chi connectivity index (χ1n) is 12.6. The summed E-state index contributed by atoms with van der Waals surface area (Å²) in [6.45, 7) is 0. The van der Waals surface area contributed by atoms with E-state index < -0.39 is 58.0 Å². The minimum atomic E-state index is -2.66. The van der Waals surface area contributed by atoms with Gasteiger partial charge < -0.3 is 31.3 Å². The SMILES string of the molecule is CN(C)[C@@H]1C(=O)C(C(N)=O)=C(O)[C@@]2(O)C(=O)C3=C(O)c4c(O)ccc(CCc5ccc(O)cc5)c4C[C@H]3C[C@@H]12. The quantitative estimate of drug-likeness (QED) is 0.309. The van der Waals surface area contributed by atoms with E-state index >= 15 is 0 Å². The first-order valence-corrected chi connectivity index (χ1v) is 12.6. The topological polar surface area (TPSA) is 182 Å². The number of ketones is 2. The second-order valence-corrected chi connectivity index (χ2v) is 10.7. The third-order valence-electron chi connectivity index (χ3n) is 8.32. The number of carbonyl (C=O) groups is 3. The van der Waals surface area contributed by atoms with Crippen molar-refractivity contribution in [2.75, 3.05) is 14.1 Å². The number of carbonyl (C=O) groups excluding carboxylic acids is 3. The molecular weight excluding hydrogens is 504 g/mol. The van der Waals surface area contributed by atoms with Crippen LogP contribution in [0, 0.1) is 11.8 Å². The summed E-state index contributed by atoms with van der Waals surface area (Å²) < 4.78 is 0. The van der Waals surface area contributed by atoms with Crippen LogP contribution < -0.4 is 5.73 Å². The first-order chi connectivity index (χ1) is 18.4. The van der Waals surface area contributed by atoms with Crippen LogP contribution in [0.2, 0.25) is 0 Å². The average Bonchev–Trinajstić information content (AvgIpc) is 2.86. The van der Waals surface area contributed by atoms with Crippen molar-refractivity contribution in [2.45, 2.75) is 37.3 Å². The summed E-state index contributed by atoms with van der Waals surface area (Å²) in [4.78, 5) is 40.6. The summed E-state index contributed by atoms with van der Waals surface area (Å²) in [6, 6.07) is 8.86. The number of aryl methyl sites for hydroxylation is 2. The van der Waals surface area contributed by atoms with Gasteiger partial charge in [0.2, 0.25) is 5.78 Å². The van der Waals surface area contributed by atoms with Crippen molar-refractivity contribution in [2.24, 2.45) is 17.6 Å². The number of aliphatic hydroxyl groups excluding tert-OH is 2. The molecule has 0 aromatic heterocycles. The molecule has 39 heavy (non-hydrogen) atoms. The number of phenolic OH excluding ortho intramolecular Hbond substituents is 2. The molecule has 2 aromatic rings. The molecule has 3 aliphatic carbocycles. The van der Waals surface area contributed by atoms with Gasteiger partial charge in [-0.05, 0) is 80.6 Å². The number of nitrogens with zero attached hydrogens (tertiary/aromatic N) is 1. The molecule has 3 aliphatic rings. The van der Waals surface area contributed by atoms with Crippen LogP contribution in [0.25, 0.3) is 5.76 Å². The molecule has 0 aliphatic heterocycles. The van der Waals surface area contributed by atoms with Crippen molar-refractivity contribution in [1.29, 1.82) is 0 Å². The van der Waals surface area contributed by atoms with E-state index in [4.69, 9.17) is 5.73 Å². The largest absolute Gasteiger partial charge is 0.508 e. The van der Waals surface area contributed by atoms with Crippen LogP contribution in [0.3, 0.4) is 0 Å². The number of Topliss-reactive ketones (excluding diaryl/α,β-unsaturated/α-hetero) is 2. The van der Waals surface area contributed by atoms with Crippen molar-refractivity contribution in [3.63, 3.8) is 0 Å². The maximum absolute atomic E-state index is 13.9. The summed E-state index contributed by atoms with van der Waals surface area (Å²) in [5.74, 6) is -6.52. The number of nitrogens with two attached hydrogens (primary N) is 1. The fraction of sp³-hybridized carbons (Fsp3) is 0.345. The Morgan fingerprint density at radius 3 is 2.31 bits per heavy atom. The number of fused-ring (bicyclic) bond motifs is 3. The van der Waals surface area contributed by atoms with E-state index in [2.05, 4.69) is 0 Å². The lowest BCUT2D eigenvalue weighted by atomic mass is 9.57. The zero-order chi connectivity index (χ0) is 28.4. The molecule has 4 atom stereocenters. The van der Waals surface area contributed by atoms with E-state index in [1.54, 1.807) is 44.4 Å². The molecular formula is C29H30N2O8. The van der Waals surface area contributed by atoms with Crippen LogP contribution in [0.1, 0.15) is 28.7 Å². The van der Waals surface area contributed by atoms with Gasteiger partial charge in [-0.25, -0.2) is 0 Å². The maximum Gasteiger partial charge on any atom is 0.255 e. The van der Waals surface area contributed by atoms with Gasteiger partial charge in [-0.3, -0.25) is 19.3 Å². The minimum absolute atomic E-state index is 0.0405. The van der Waals surface area contributed by atoms with E-state index in [0.717, 1.165) is 11.1 Å². The molecule has 5 rings (SSSR count). The molecule has 204 valence electrons. The van der Waals surface area contributed by atoms with Crippen LogP contribution in [0.15, 0.2) is 53.3 Å². The van der Waals surface area contributed by atoms with Crippen molar-refractivity contribution in [3.8, 4) is 11.5 Å². The number of benzene rings is 2. The van der Waals surface area contributed by atoms with Gasteiger partial charge in [-0.15, -0.1) is 0 Å². The number of aromatic hydroxyl groups is 2. The molecule has 0 heterocycles. The van der Waals surface area contributed by atoms with Crippen LogP contribution in [-0.2, 0) is 33.6 Å². The minimum Gasteiger partial charge on any atom is -0.508 e. The zero-order valence-electron chi connectivity index (χ0n) is 21.5. The number of primary amides is 1. The van der Waals surface area contributed by atoms with Crippen LogP contribution in [0.5, 0.6) is 11.5 Å². The summed E-state index contributed by atoms with van der Waals surface area (Å²) in [5.41, 5.74) is 4.23. The lowest BCUT2D eigenvalue weighted by Crippen LogP contribution is -2.65. The Hall–Kier alpha value is -4.15. The molecule has 1 fully saturated rings. The Labute approximate surface area is 224 Å². The lowest BCUT2D eigenvalue weighted by Gasteiger charge is -2.50. The monoisotopic (exact) mass is 534 g/mol. The van der Waals surface area contributed by atoms with E-state index in [1.807, 2.05) is 0 Å². The second-order valence-electron chi connectivity index (χ2n) is 10.7. The van der Waals surface area contributed by atoms with Gasteiger partial charge in [-0.1, -0.05) is 18.2 Å². The highest BCUT2D eigenvalue weighted by Crippen LogP contribution is 2.53. The van der Waals surface area contributed by atoms with Crippen molar-refractivity contribution in [3.05, 3.63) is 75.6 Å². The molecule has 2 aromatic carbocycles. The van der Waals surface area contributed by atoms with Gasteiger partial charge in [0.05, 0.1) is 11.6 Å². The third kappa shape index (κ3) is 3.90. The third-order valence-corrected chi connectivity index (χ3v) is 8.32. The molecule has 7 N–H and O–H groups in total. The van der Waals surface area contributed by atoms with Crippen molar-refractivity contribution in [1.82, 2.24) is 4.90 Å². The molecule has 1 saturated carbocycles. The number of rotatable bonds is 5. The molecule has 0 radical (unpaired) electrons. The molecule has 10 nitrogen and oxygen atoms in total. The summed E-state index contributed by atoms with van der Waals surface area (Å²) >= 11 is 0. The smallest absolute Gasteiger partial charge is 0.255 e. The van der Waals surface area contributed by atoms with Gasteiger partial charge >= 0.3 is 0 Å². The highest BCUT2D eigenvalue weighted by Gasteiger charge is 2.64. The fourth-order valence-corrected chi connectivity index (χ4v) is 6.48. The highest BCUT2D eigenvalue weighted by atomic mass is 16.3. The zero-order valence-corrected chi connectivity index (χ0v) is 21.5. The summed E-state index contributed by atoms with van der Waals surface area (Å²) in [6.07, 6.45) is 1.45. The summed E-state index contributed by atoms with van der Waals surface area (Å²) in [7, 11) is 3.12. The van der Waals surface area contributed by atoms with Gasteiger partial charge in [0.25, 0.3) is 5.91 Å². The van der Waals surface area contributed by atoms with Crippen molar-refractivity contribution >= 4 is 23.2 Å². The maximum atomic E-state index is 13.9. The van der Waals surface area contributed by atoms with Gasteiger partial charge in [0.15, 0.2) is 11.4 Å². The van der Waals surface area contributed by atoms with Crippen molar-refractivity contribution < 1.29 is 39.9 Å². The van der Waals surface area contributed by atoms with Crippen LogP contribution in [-0.4, -0.2) is 73.6 Å². The van der Waals surface area contributed by atoms with Gasteiger partial charge in [0.1, 0.15) is 28.6 Å². The second kappa shape index (κ2) is 9.25. The number of hydrogen-bond donors (Lipinski definition) is 6. The van der Waals surface area contributed by atoms with E-state index in [-0.39, 0.29) is 35.5 Å². The normalized spacial score (nSPS) is 26.4. The number of aliphatic hydroxyl groups is 3. The van der Waals surface area contributed by atoms with Gasteiger partial charge in [0, 0.05) is 11.5 Å². The average molecular weight is 535 g/mol. The first kappa shape index (κ1) is 26.5. The summed E-state index contributed by atoms with van der Waals surface area (Å²) in [5, 5.41) is 54.1. The number of hydrogen-bond acceptors (Lipinski definition) is 9. The number of phenols is 2. The standard InChI is InChI=1S/C29H30N2O8/c1-31(2)23-18-12-15-11-17-14(6-3-13-4-8-16(32)9-5-13)7-10-19(33)21(17)24(34)20(15)26(36)29(18,39)27(37)22(25(23)35)28(30)38/h4-5,7-10,15,18,23,32-34,37,39H,3,6,11-12H2,1-2H3,(H2,30,38)/t15-,18-,23-,29-/m0/s1.